The summed E-state index contributed by atoms with van der Waals surface area (Å²) in [7, 11) is 3.19. The van der Waals surface area contributed by atoms with Gasteiger partial charge in [-0.05, 0) is 12.1 Å². The van der Waals surface area contributed by atoms with Crippen LogP contribution in [-0.4, -0.2) is 76.2 Å². The van der Waals surface area contributed by atoms with Gasteiger partial charge >= 0.3 is 5.97 Å². The number of quaternary nitrogens is 1. The molecule has 1 saturated heterocycles. The van der Waals surface area contributed by atoms with Crippen LogP contribution in [0.4, 0.5) is 0 Å². The predicted octanol–water partition coefficient (Wildman–Crippen LogP) is -1.54. The van der Waals surface area contributed by atoms with Gasteiger partial charge in [0.1, 0.15) is 19.6 Å². The predicted molar refractivity (Wildman–Crippen MR) is 93.6 cm³/mol. The molecule has 8 heteroatoms. The van der Waals surface area contributed by atoms with Crippen molar-refractivity contribution in [3.05, 3.63) is 35.4 Å². The Bertz CT molecular complexity index is 624. The number of morpholine rings is 1. The molecular weight excluding hydrogens is 338 g/mol. The van der Waals surface area contributed by atoms with Crippen molar-refractivity contribution in [1.82, 2.24) is 10.2 Å². The van der Waals surface area contributed by atoms with Gasteiger partial charge in [0.15, 0.2) is 6.61 Å². The summed E-state index contributed by atoms with van der Waals surface area (Å²) in [5, 5.41) is 2.40. The number of carbonyl (C=O) groups excluding carboxylic acids is 3. The molecule has 0 unspecified atom stereocenters. The quantitative estimate of drug-likeness (QED) is 0.573. The van der Waals surface area contributed by atoms with Gasteiger partial charge in [-0.25, -0.2) is 4.79 Å². The first-order valence-corrected chi connectivity index (χ1v) is 8.60. The van der Waals surface area contributed by atoms with E-state index in [0.29, 0.717) is 5.56 Å². The first-order chi connectivity index (χ1) is 12.5. The van der Waals surface area contributed by atoms with E-state index >= 15 is 0 Å². The number of nitrogens with zero attached hydrogens (tertiary/aromatic N) is 1. The summed E-state index contributed by atoms with van der Waals surface area (Å²) in [6, 6.07) is 7.19. The summed E-state index contributed by atoms with van der Waals surface area (Å²) in [6.07, 6.45) is 0. The zero-order chi connectivity index (χ0) is 18.9. The van der Waals surface area contributed by atoms with Crippen LogP contribution in [0.3, 0.4) is 0 Å². The molecule has 1 aromatic carbocycles. The molecule has 2 rings (SSSR count). The molecule has 1 aromatic rings. The molecule has 2 N–H and O–H groups in total. The highest BCUT2D eigenvalue weighted by atomic mass is 16.5. The molecule has 0 bridgehead atoms. The SMILES string of the molecule is CN(C)C(=O)CNC(=O)COC(=O)c1ccc(C[NH+]2CCOCC2)cc1. The second-order valence-electron chi connectivity index (χ2n) is 6.38. The Morgan fingerprint density at radius 3 is 2.42 bits per heavy atom. The van der Waals surface area contributed by atoms with Gasteiger partial charge in [0, 0.05) is 19.7 Å². The lowest BCUT2D eigenvalue weighted by Crippen LogP contribution is -3.12. The molecule has 8 nitrogen and oxygen atoms in total. The fourth-order valence-electron chi connectivity index (χ4n) is 2.48. The Balaban J connectivity index is 1.74. The van der Waals surface area contributed by atoms with Crippen LogP contribution in [0.2, 0.25) is 0 Å². The Hall–Kier alpha value is -2.45. The van der Waals surface area contributed by atoms with E-state index in [-0.39, 0.29) is 12.5 Å². The normalized spacial score (nSPS) is 14.5. The number of nitrogens with one attached hydrogen (secondary N) is 2. The second kappa shape index (κ2) is 9.88. The third-order valence-corrected chi connectivity index (χ3v) is 4.11. The van der Waals surface area contributed by atoms with Crippen molar-refractivity contribution >= 4 is 17.8 Å². The number of amides is 2. The first kappa shape index (κ1) is 19.9. The molecule has 142 valence electrons. The summed E-state index contributed by atoms with van der Waals surface area (Å²) in [6.45, 7) is 3.87. The van der Waals surface area contributed by atoms with Crippen molar-refractivity contribution in [1.29, 1.82) is 0 Å². The van der Waals surface area contributed by atoms with Crippen LogP contribution < -0.4 is 10.2 Å². The maximum Gasteiger partial charge on any atom is 0.338 e. The van der Waals surface area contributed by atoms with Crippen LogP contribution in [0.25, 0.3) is 0 Å². The smallest absolute Gasteiger partial charge is 0.338 e. The van der Waals surface area contributed by atoms with E-state index in [1.165, 1.54) is 9.80 Å². The van der Waals surface area contributed by atoms with Crippen molar-refractivity contribution < 1.29 is 28.8 Å². The molecular formula is C18H26N3O5+. The average molecular weight is 364 g/mol. The molecule has 1 aliphatic rings. The number of ether oxygens (including phenoxy) is 2. The molecule has 1 heterocycles. The van der Waals surface area contributed by atoms with Crippen LogP contribution in [0.1, 0.15) is 15.9 Å². The van der Waals surface area contributed by atoms with Gasteiger partial charge in [-0.15, -0.1) is 0 Å². The number of esters is 1. The number of carbonyl (C=O) groups is 3. The fourth-order valence-corrected chi connectivity index (χ4v) is 2.48. The largest absolute Gasteiger partial charge is 0.452 e. The van der Waals surface area contributed by atoms with Gasteiger partial charge in [-0.1, -0.05) is 12.1 Å². The second-order valence-corrected chi connectivity index (χ2v) is 6.38. The van der Waals surface area contributed by atoms with Crippen LogP contribution in [-0.2, 0) is 25.6 Å². The molecule has 0 atom stereocenters. The van der Waals surface area contributed by atoms with E-state index in [9.17, 15) is 14.4 Å². The average Bonchev–Trinajstić information content (AvgIpc) is 2.65. The lowest BCUT2D eigenvalue weighted by Gasteiger charge is -2.23. The minimum Gasteiger partial charge on any atom is -0.452 e. The van der Waals surface area contributed by atoms with Gasteiger partial charge < -0.3 is 24.6 Å². The van der Waals surface area contributed by atoms with Crippen LogP contribution in [0, 0.1) is 0 Å². The van der Waals surface area contributed by atoms with E-state index in [4.69, 9.17) is 9.47 Å². The lowest BCUT2D eigenvalue weighted by molar-refractivity contribution is -0.921. The maximum absolute atomic E-state index is 12.0. The molecule has 0 aromatic heterocycles. The minimum atomic E-state index is -0.565. The van der Waals surface area contributed by atoms with E-state index in [1.807, 2.05) is 12.1 Å². The Morgan fingerprint density at radius 1 is 1.15 bits per heavy atom. The highest BCUT2D eigenvalue weighted by Crippen LogP contribution is 2.05. The summed E-state index contributed by atoms with van der Waals surface area (Å²) in [4.78, 5) is 37.8. The van der Waals surface area contributed by atoms with Gasteiger partial charge in [-0.2, -0.15) is 0 Å². The van der Waals surface area contributed by atoms with E-state index in [2.05, 4.69) is 5.32 Å². The summed E-state index contributed by atoms with van der Waals surface area (Å²) >= 11 is 0. The molecule has 0 radical (unpaired) electrons. The molecule has 0 aliphatic carbocycles. The number of hydrogen-bond acceptors (Lipinski definition) is 5. The van der Waals surface area contributed by atoms with Crippen molar-refractivity contribution in [3.8, 4) is 0 Å². The van der Waals surface area contributed by atoms with E-state index < -0.39 is 18.5 Å². The summed E-state index contributed by atoms with van der Waals surface area (Å²) in [5.74, 6) is -1.31. The zero-order valence-electron chi connectivity index (χ0n) is 15.2. The molecule has 1 aliphatic heterocycles. The van der Waals surface area contributed by atoms with E-state index in [1.54, 1.807) is 26.2 Å². The number of benzene rings is 1. The standard InChI is InChI=1S/C18H25N3O5/c1-20(2)17(23)11-19-16(22)13-26-18(24)15-5-3-14(4-6-15)12-21-7-9-25-10-8-21/h3-6H,7-13H2,1-2H3,(H,19,22)/p+1. The molecule has 2 amide bonds. The molecule has 26 heavy (non-hydrogen) atoms. The van der Waals surface area contributed by atoms with Crippen LogP contribution in [0.15, 0.2) is 24.3 Å². The van der Waals surface area contributed by atoms with Crippen molar-refractivity contribution in [2.45, 2.75) is 6.54 Å². The third-order valence-electron chi connectivity index (χ3n) is 4.11. The fraction of sp³-hybridized carbons (Fsp3) is 0.500. The molecule has 1 fully saturated rings. The van der Waals surface area contributed by atoms with Gasteiger partial charge in [0.05, 0.1) is 25.3 Å². The maximum atomic E-state index is 12.0. The zero-order valence-corrected chi connectivity index (χ0v) is 15.2. The number of rotatable bonds is 7. The van der Waals surface area contributed by atoms with E-state index in [0.717, 1.165) is 38.4 Å². The monoisotopic (exact) mass is 364 g/mol. The molecule has 0 spiro atoms. The number of hydrogen-bond donors (Lipinski definition) is 2. The Labute approximate surface area is 153 Å². The summed E-state index contributed by atoms with van der Waals surface area (Å²) < 4.78 is 10.3. The molecule has 0 saturated carbocycles. The highest BCUT2D eigenvalue weighted by molar-refractivity contribution is 5.92. The van der Waals surface area contributed by atoms with Crippen LogP contribution >= 0.6 is 0 Å². The first-order valence-electron chi connectivity index (χ1n) is 8.60. The van der Waals surface area contributed by atoms with Gasteiger partial charge in [0.2, 0.25) is 5.91 Å². The Kier molecular flexibility index (Phi) is 7.55. The summed E-state index contributed by atoms with van der Waals surface area (Å²) in [5.41, 5.74) is 1.53. The van der Waals surface area contributed by atoms with Crippen LogP contribution in [0.5, 0.6) is 0 Å². The number of likely N-dealkylation sites (N-methyl/N-ethyl adjacent to an activating group) is 1. The topological polar surface area (TPSA) is 89.4 Å². The van der Waals surface area contributed by atoms with Crippen molar-refractivity contribution in [3.63, 3.8) is 0 Å². The van der Waals surface area contributed by atoms with Gasteiger partial charge in [-0.3, -0.25) is 9.59 Å². The third kappa shape index (κ3) is 6.45. The van der Waals surface area contributed by atoms with Crippen molar-refractivity contribution in [2.75, 3.05) is 53.6 Å². The minimum absolute atomic E-state index is 0.123. The van der Waals surface area contributed by atoms with Gasteiger partial charge in [0.25, 0.3) is 5.91 Å². The Morgan fingerprint density at radius 2 is 1.81 bits per heavy atom. The van der Waals surface area contributed by atoms with Crippen molar-refractivity contribution in [2.24, 2.45) is 0 Å². The highest BCUT2D eigenvalue weighted by Gasteiger charge is 2.15. The lowest BCUT2D eigenvalue weighted by atomic mass is 10.1.